The van der Waals surface area contributed by atoms with Gasteiger partial charge in [-0.05, 0) is 69.9 Å². The molecule has 8 rings (SSSR count). The molecule has 1 amide bonds. The summed E-state index contributed by atoms with van der Waals surface area (Å²) >= 11 is 6.58. The number of ether oxygens (including phenoxy) is 2. The van der Waals surface area contributed by atoms with Gasteiger partial charge in [-0.15, -0.1) is 0 Å². The SMILES string of the molecule is CN(C)C/C=C/C(=O)N1CCN(c2nc(OC[C@@]34CCCN3C[C@H](F)C4)nc3c(F)c(-c4cc(O)cc(Cl)c4C4CC4)ncc23)CC12COC2. The van der Waals surface area contributed by atoms with Crippen molar-refractivity contribution in [1.82, 2.24) is 29.7 Å². The van der Waals surface area contributed by atoms with Crippen LogP contribution < -0.4 is 9.64 Å². The summed E-state index contributed by atoms with van der Waals surface area (Å²) < 4.78 is 43.4. The van der Waals surface area contributed by atoms with Crippen LogP contribution in [0.5, 0.6) is 11.8 Å². The van der Waals surface area contributed by atoms with Gasteiger partial charge >= 0.3 is 6.01 Å². The smallest absolute Gasteiger partial charge is 0.319 e. The van der Waals surface area contributed by atoms with Gasteiger partial charge < -0.3 is 29.3 Å². The lowest BCUT2D eigenvalue weighted by molar-refractivity contribution is -0.164. The second-order valence-corrected chi connectivity index (χ2v) is 15.2. The topological polar surface area (TPSA) is 107 Å². The van der Waals surface area contributed by atoms with Gasteiger partial charge in [0.15, 0.2) is 5.82 Å². The van der Waals surface area contributed by atoms with Crippen LogP contribution in [0, 0.1) is 5.82 Å². The maximum Gasteiger partial charge on any atom is 0.319 e. The Morgan fingerprint density at radius 2 is 2.04 bits per heavy atom. The molecule has 0 unspecified atom stereocenters. The Balaban J connectivity index is 1.18. The van der Waals surface area contributed by atoms with Crippen LogP contribution in [0.3, 0.4) is 0 Å². The predicted molar refractivity (Wildman–Crippen MR) is 185 cm³/mol. The van der Waals surface area contributed by atoms with Crippen LogP contribution in [0.25, 0.3) is 22.2 Å². The Kier molecular flexibility index (Phi) is 8.60. The molecular weight excluding hydrogens is 668 g/mol. The highest BCUT2D eigenvalue weighted by molar-refractivity contribution is 6.32. The first kappa shape index (κ1) is 33.5. The zero-order chi connectivity index (χ0) is 34.8. The molecule has 0 radical (unpaired) electrons. The summed E-state index contributed by atoms with van der Waals surface area (Å²) in [5.41, 5.74) is 0.222. The van der Waals surface area contributed by atoms with E-state index in [0.717, 1.165) is 37.8 Å². The number of amides is 1. The lowest BCUT2D eigenvalue weighted by Gasteiger charge is -2.55. The van der Waals surface area contributed by atoms with Gasteiger partial charge in [0.2, 0.25) is 5.91 Å². The summed E-state index contributed by atoms with van der Waals surface area (Å²) in [7, 11) is 3.89. The lowest BCUT2D eigenvalue weighted by Crippen LogP contribution is -2.72. The zero-order valence-electron chi connectivity index (χ0n) is 28.4. The number of carbonyl (C=O) groups excluding carboxylic acids is 1. The summed E-state index contributed by atoms with van der Waals surface area (Å²) in [5.74, 6) is -0.235. The predicted octanol–water partition coefficient (Wildman–Crippen LogP) is 4.56. The summed E-state index contributed by atoms with van der Waals surface area (Å²) in [6.07, 6.45) is 8.07. The molecule has 4 saturated heterocycles. The highest BCUT2D eigenvalue weighted by Crippen LogP contribution is 2.49. The van der Waals surface area contributed by atoms with Crippen LogP contribution in [0.4, 0.5) is 14.6 Å². The fourth-order valence-electron chi connectivity index (χ4n) is 8.29. The molecule has 1 aromatic carbocycles. The van der Waals surface area contributed by atoms with E-state index in [2.05, 4.69) is 14.9 Å². The summed E-state index contributed by atoms with van der Waals surface area (Å²) in [4.78, 5) is 35.4. The average molecular weight is 710 g/mol. The Bertz CT molecular complexity index is 1850. The van der Waals surface area contributed by atoms with Crippen LogP contribution in [-0.4, -0.2) is 131 Å². The Morgan fingerprint density at radius 3 is 2.78 bits per heavy atom. The standard InChI is InChI=1S/C36H42ClF2N7O4/c1-43(2)9-3-5-28(48)46-12-11-44(18-36(46)19-49-20-36)33-26-16-40-31(25-13-24(47)14-27(37)29(25)22-6-7-22)30(39)32(26)41-34(42-33)50-21-35-8-4-10-45(35)17-23(38)15-35/h3,5,13-14,16,22-23,47H,4,6-12,15,17-21H2,1-2H3/b5-3+/t23-,35+/m1/s1. The highest BCUT2D eigenvalue weighted by atomic mass is 35.5. The van der Waals surface area contributed by atoms with Crippen molar-refractivity contribution in [1.29, 1.82) is 0 Å². The van der Waals surface area contributed by atoms with Gasteiger partial charge in [0.1, 0.15) is 41.1 Å². The second kappa shape index (κ2) is 12.8. The quantitative estimate of drug-likeness (QED) is 0.318. The fourth-order valence-corrected chi connectivity index (χ4v) is 8.66. The van der Waals surface area contributed by atoms with Gasteiger partial charge in [-0.1, -0.05) is 17.7 Å². The molecular formula is C36H42ClF2N7O4. The van der Waals surface area contributed by atoms with Gasteiger partial charge in [0.25, 0.3) is 0 Å². The molecule has 6 heterocycles. The number of fused-ring (bicyclic) bond motifs is 2. The molecule has 5 fully saturated rings. The van der Waals surface area contributed by atoms with E-state index in [1.807, 2.05) is 34.9 Å². The molecule has 0 bridgehead atoms. The molecule has 1 N–H and O–H groups in total. The molecule has 1 saturated carbocycles. The minimum atomic E-state index is -0.926. The van der Waals surface area contributed by atoms with Gasteiger partial charge in [-0.3, -0.25) is 14.7 Å². The molecule has 1 spiro atoms. The Hall–Kier alpha value is -3.65. The van der Waals surface area contributed by atoms with Crippen LogP contribution in [-0.2, 0) is 9.53 Å². The van der Waals surface area contributed by atoms with E-state index in [1.54, 1.807) is 12.3 Å². The number of nitrogens with zero attached hydrogens (tertiary/aromatic N) is 7. The van der Waals surface area contributed by atoms with Crippen LogP contribution >= 0.6 is 11.6 Å². The van der Waals surface area contributed by atoms with Crippen LogP contribution in [0.15, 0.2) is 30.5 Å². The number of benzene rings is 1. The molecule has 2 aromatic heterocycles. The fraction of sp³-hybridized carbons (Fsp3) is 0.556. The second-order valence-electron chi connectivity index (χ2n) is 14.8. The summed E-state index contributed by atoms with van der Waals surface area (Å²) in [5, 5.41) is 11.2. The monoisotopic (exact) mass is 709 g/mol. The maximum atomic E-state index is 16.9. The molecule has 4 aliphatic heterocycles. The van der Waals surface area contributed by atoms with E-state index < -0.39 is 23.1 Å². The lowest BCUT2D eigenvalue weighted by atomic mass is 9.91. The Labute approximate surface area is 294 Å². The van der Waals surface area contributed by atoms with Crippen molar-refractivity contribution in [3.63, 3.8) is 0 Å². The molecule has 3 aromatic rings. The number of hydrogen-bond acceptors (Lipinski definition) is 10. The normalized spacial score (nSPS) is 24.9. The number of anilines is 1. The minimum Gasteiger partial charge on any atom is -0.508 e. The summed E-state index contributed by atoms with van der Waals surface area (Å²) in [6, 6.07) is 2.97. The largest absolute Gasteiger partial charge is 0.508 e. The van der Waals surface area contributed by atoms with E-state index in [0.29, 0.717) is 74.1 Å². The van der Waals surface area contributed by atoms with Crippen molar-refractivity contribution in [2.24, 2.45) is 0 Å². The van der Waals surface area contributed by atoms with Crippen molar-refractivity contribution >= 4 is 34.2 Å². The number of halogens is 3. The van der Waals surface area contributed by atoms with Crippen LogP contribution in [0.2, 0.25) is 5.02 Å². The van der Waals surface area contributed by atoms with Gasteiger partial charge in [0, 0.05) is 62.0 Å². The van der Waals surface area contributed by atoms with Crippen LogP contribution in [0.1, 0.15) is 43.6 Å². The highest BCUT2D eigenvalue weighted by Gasteiger charge is 2.51. The van der Waals surface area contributed by atoms with Crippen molar-refractivity contribution in [3.8, 4) is 23.0 Å². The number of aromatic nitrogens is 3. The van der Waals surface area contributed by atoms with Crippen molar-refractivity contribution < 1.29 is 28.2 Å². The third-order valence-electron chi connectivity index (χ3n) is 10.9. The first-order chi connectivity index (χ1) is 24.1. The van der Waals surface area contributed by atoms with Crippen molar-refractivity contribution in [2.75, 3.05) is 78.1 Å². The van der Waals surface area contributed by atoms with E-state index >= 15 is 4.39 Å². The number of likely N-dealkylation sites (N-methyl/N-ethyl adjacent to an activating group) is 1. The molecule has 14 heteroatoms. The third-order valence-corrected chi connectivity index (χ3v) is 11.2. The van der Waals surface area contributed by atoms with Crippen molar-refractivity contribution in [2.45, 2.75) is 55.3 Å². The average Bonchev–Trinajstić information content (AvgIpc) is 3.75. The summed E-state index contributed by atoms with van der Waals surface area (Å²) in [6.45, 7) is 4.00. The van der Waals surface area contributed by atoms with E-state index in [9.17, 15) is 14.3 Å². The number of alkyl halides is 1. The van der Waals surface area contributed by atoms with Gasteiger partial charge in [-0.2, -0.15) is 9.97 Å². The first-order valence-electron chi connectivity index (χ1n) is 17.4. The number of carbonyl (C=O) groups is 1. The molecule has 11 nitrogen and oxygen atoms in total. The van der Waals surface area contributed by atoms with E-state index in [4.69, 9.17) is 26.1 Å². The molecule has 1 aliphatic carbocycles. The molecule has 266 valence electrons. The number of aromatic hydroxyl groups is 1. The number of hydrogen-bond donors (Lipinski definition) is 1. The number of pyridine rings is 1. The Morgan fingerprint density at radius 1 is 1.22 bits per heavy atom. The van der Waals surface area contributed by atoms with Gasteiger partial charge in [-0.25, -0.2) is 8.78 Å². The number of piperazine rings is 1. The van der Waals surface area contributed by atoms with Gasteiger partial charge in [0.05, 0.1) is 24.1 Å². The van der Waals surface area contributed by atoms with E-state index in [1.165, 1.54) is 12.1 Å². The molecule has 5 aliphatic rings. The minimum absolute atomic E-state index is 0.00697. The third kappa shape index (κ3) is 5.95. The number of rotatable bonds is 9. The molecule has 2 atom stereocenters. The number of phenolic OH excluding ortho intramolecular Hbond substituents is 1. The number of phenols is 1. The van der Waals surface area contributed by atoms with Crippen molar-refractivity contribution in [3.05, 3.63) is 46.9 Å². The van der Waals surface area contributed by atoms with E-state index in [-0.39, 0.29) is 41.4 Å². The zero-order valence-corrected chi connectivity index (χ0v) is 29.1. The maximum absolute atomic E-state index is 16.9. The molecule has 50 heavy (non-hydrogen) atoms. The first-order valence-corrected chi connectivity index (χ1v) is 17.8.